The number of rotatable bonds is 7. The second kappa shape index (κ2) is 15.6. The van der Waals surface area contributed by atoms with Gasteiger partial charge in [-0.25, -0.2) is 4.98 Å². The number of benzene rings is 10. The molecule has 0 spiro atoms. The molecule has 10 aromatic carbocycles. The van der Waals surface area contributed by atoms with Gasteiger partial charge < -0.3 is 9.13 Å². The molecule has 0 saturated heterocycles. The normalized spacial score (nSPS) is 11.8. The van der Waals surface area contributed by atoms with Crippen LogP contribution in [0.3, 0.4) is 0 Å². The fourth-order valence-electron chi connectivity index (χ4n) is 10.6. The monoisotopic (exact) mass is 880 g/mol. The van der Waals surface area contributed by atoms with Gasteiger partial charge in [-0.3, -0.25) is 4.57 Å². The topological polar surface area (TPSA) is 53.5 Å². The number of fused-ring (bicyclic) bond motifs is 10. The quantitative estimate of drug-likeness (QED) is 0.160. The Kier molecular flexibility index (Phi) is 8.79. The van der Waals surface area contributed by atoms with Crippen LogP contribution in [0.1, 0.15) is 0 Å². The van der Waals surface area contributed by atoms with E-state index >= 15 is 0 Å². The number of para-hydroxylation sites is 5. The highest BCUT2D eigenvalue weighted by Gasteiger charge is 2.27. The Morgan fingerprint density at radius 2 is 0.681 bits per heavy atom. The highest BCUT2D eigenvalue weighted by Crippen LogP contribution is 2.46. The van der Waals surface area contributed by atoms with Crippen LogP contribution in [0.4, 0.5) is 0 Å². The fraction of sp³-hybridized carbons (Fsp3) is 0. The summed E-state index contributed by atoms with van der Waals surface area (Å²) in [6.45, 7) is 0. The zero-order valence-corrected chi connectivity index (χ0v) is 37.3. The van der Waals surface area contributed by atoms with Gasteiger partial charge in [-0.2, -0.15) is 9.97 Å². The SMILES string of the molecule is c1ccc(-c2cccc(-c3ccc(-c4nc(-c5ccccc5)nc(-n5c6ccccc6c6cc(-n7c8ccccc8c8ccccc87)c7c8ccccc8n(-c8ccccc8)c7c65)n4)cc3)c2)cc1. The van der Waals surface area contributed by atoms with Gasteiger partial charge in [-0.1, -0.05) is 194 Å². The molecule has 0 aliphatic heterocycles. The maximum absolute atomic E-state index is 5.47. The molecule has 0 amide bonds. The molecule has 6 nitrogen and oxygen atoms in total. The van der Waals surface area contributed by atoms with Crippen molar-refractivity contribution in [3.63, 3.8) is 0 Å². The van der Waals surface area contributed by atoms with Gasteiger partial charge in [-0.05, 0) is 70.8 Å². The van der Waals surface area contributed by atoms with Crippen LogP contribution in [0.5, 0.6) is 0 Å². The molecule has 14 rings (SSSR count). The van der Waals surface area contributed by atoms with E-state index in [1.165, 1.54) is 21.9 Å². The van der Waals surface area contributed by atoms with E-state index in [4.69, 9.17) is 15.0 Å². The number of aromatic nitrogens is 6. The molecule has 0 saturated carbocycles. The van der Waals surface area contributed by atoms with Crippen LogP contribution in [0.25, 0.3) is 128 Å². The molecule has 69 heavy (non-hydrogen) atoms. The minimum atomic E-state index is 0.542. The molecular weight excluding hydrogens is 841 g/mol. The van der Waals surface area contributed by atoms with E-state index < -0.39 is 0 Å². The third kappa shape index (κ3) is 6.16. The third-order valence-electron chi connectivity index (χ3n) is 13.7. The highest BCUT2D eigenvalue weighted by molar-refractivity contribution is 6.27. The van der Waals surface area contributed by atoms with Crippen molar-refractivity contribution in [1.82, 2.24) is 28.7 Å². The molecular formula is C63H40N6. The van der Waals surface area contributed by atoms with Crippen LogP contribution in [0.15, 0.2) is 243 Å². The summed E-state index contributed by atoms with van der Waals surface area (Å²) < 4.78 is 7.18. The second-order valence-corrected chi connectivity index (χ2v) is 17.6. The Bertz CT molecular complexity index is 4230. The molecule has 0 unspecified atom stereocenters. The van der Waals surface area contributed by atoms with Gasteiger partial charge in [0.1, 0.15) is 0 Å². The minimum absolute atomic E-state index is 0.542. The van der Waals surface area contributed by atoms with E-state index in [1.807, 2.05) is 18.2 Å². The Morgan fingerprint density at radius 3 is 1.28 bits per heavy atom. The maximum Gasteiger partial charge on any atom is 0.238 e. The lowest BCUT2D eigenvalue weighted by molar-refractivity contribution is 0.953. The van der Waals surface area contributed by atoms with Gasteiger partial charge in [0.25, 0.3) is 0 Å². The predicted octanol–water partition coefficient (Wildman–Crippen LogP) is 15.8. The van der Waals surface area contributed by atoms with Gasteiger partial charge in [0.05, 0.1) is 38.8 Å². The molecule has 0 atom stereocenters. The predicted molar refractivity (Wildman–Crippen MR) is 285 cm³/mol. The zero-order valence-electron chi connectivity index (χ0n) is 37.3. The van der Waals surface area contributed by atoms with Crippen molar-refractivity contribution in [1.29, 1.82) is 0 Å². The Morgan fingerprint density at radius 1 is 0.261 bits per heavy atom. The van der Waals surface area contributed by atoms with Gasteiger partial charge in [0.2, 0.25) is 5.95 Å². The lowest BCUT2D eigenvalue weighted by Gasteiger charge is -2.15. The van der Waals surface area contributed by atoms with Gasteiger partial charge >= 0.3 is 0 Å². The maximum atomic E-state index is 5.47. The van der Waals surface area contributed by atoms with Crippen molar-refractivity contribution < 1.29 is 0 Å². The standard InChI is InChI=1S/C63H40N6/c1-4-19-41(20-5-1)45-23-18-24-46(39-45)42-35-37-44(38-36-42)62-64-61(43-21-6-2-7-22-43)65-63(66-62)69-55-33-16-12-29-50(55)52-40-57(68-53-31-14-10-27-48(53)49-28-11-15-32-54(49)68)58-51-30-13-17-34-56(51)67(60(58)59(52)69)47-25-8-3-9-26-47/h1-40H. The molecule has 0 aliphatic carbocycles. The first-order chi connectivity index (χ1) is 34.2. The van der Waals surface area contributed by atoms with Crippen molar-refractivity contribution in [3.8, 4) is 62.4 Å². The molecule has 0 aliphatic rings. The Labute approximate surface area is 397 Å². The van der Waals surface area contributed by atoms with Crippen LogP contribution in [-0.4, -0.2) is 28.7 Å². The molecule has 0 N–H and O–H groups in total. The first kappa shape index (κ1) is 38.8. The molecule has 6 heteroatoms. The molecule has 0 bridgehead atoms. The van der Waals surface area contributed by atoms with Crippen molar-refractivity contribution in [2.24, 2.45) is 0 Å². The average molecular weight is 881 g/mol. The van der Waals surface area contributed by atoms with Gasteiger partial charge in [-0.15, -0.1) is 0 Å². The Hall–Kier alpha value is -9.39. The number of hydrogen-bond donors (Lipinski definition) is 0. The summed E-state index contributed by atoms with van der Waals surface area (Å²) >= 11 is 0. The summed E-state index contributed by atoms with van der Waals surface area (Å²) in [5.41, 5.74) is 15.1. The van der Waals surface area contributed by atoms with Crippen LogP contribution < -0.4 is 0 Å². The van der Waals surface area contributed by atoms with Crippen LogP contribution in [0.2, 0.25) is 0 Å². The molecule has 14 aromatic rings. The molecule has 0 radical (unpaired) electrons. The summed E-state index contributed by atoms with van der Waals surface area (Å²) in [5.74, 6) is 1.74. The van der Waals surface area contributed by atoms with E-state index in [2.05, 4.69) is 238 Å². The van der Waals surface area contributed by atoms with Crippen LogP contribution in [-0.2, 0) is 0 Å². The molecule has 4 heterocycles. The first-order valence-electron chi connectivity index (χ1n) is 23.4. The summed E-state index contributed by atoms with van der Waals surface area (Å²) in [6, 6.07) is 86.2. The summed E-state index contributed by atoms with van der Waals surface area (Å²) in [7, 11) is 0. The summed E-state index contributed by atoms with van der Waals surface area (Å²) in [4.78, 5) is 16.1. The molecule has 0 fully saturated rings. The van der Waals surface area contributed by atoms with Crippen molar-refractivity contribution in [2.75, 3.05) is 0 Å². The average Bonchev–Trinajstić information content (AvgIpc) is 4.08. The highest BCUT2D eigenvalue weighted by atomic mass is 15.2. The van der Waals surface area contributed by atoms with E-state index in [9.17, 15) is 0 Å². The van der Waals surface area contributed by atoms with E-state index in [0.717, 1.165) is 88.3 Å². The minimum Gasteiger partial charge on any atom is -0.309 e. The van der Waals surface area contributed by atoms with Crippen LogP contribution >= 0.6 is 0 Å². The van der Waals surface area contributed by atoms with Gasteiger partial charge in [0, 0.05) is 49.1 Å². The van der Waals surface area contributed by atoms with Crippen LogP contribution in [0, 0.1) is 0 Å². The largest absolute Gasteiger partial charge is 0.309 e. The fourth-order valence-corrected chi connectivity index (χ4v) is 10.6. The van der Waals surface area contributed by atoms with E-state index in [0.29, 0.717) is 17.6 Å². The summed E-state index contributed by atoms with van der Waals surface area (Å²) in [6.07, 6.45) is 0. The lowest BCUT2D eigenvalue weighted by Crippen LogP contribution is -2.07. The number of nitrogens with zero attached hydrogens (tertiary/aromatic N) is 6. The van der Waals surface area contributed by atoms with Crippen molar-refractivity contribution in [2.45, 2.75) is 0 Å². The summed E-state index contributed by atoms with van der Waals surface area (Å²) in [5, 5.41) is 6.93. The zero-order chi connectivity index (χ0) is 45.4. The van der Waals surface area contributed by atoms with Crippen molar-refractivity contribution in [3.05, 3.63) is 243 Å². The second-order valence-electron chi connectivity index (χ2n) is 17.6. The van der Waals surface area contributed by atoms with E-state index in [-0.39, 0.29) is 0 Å². The molecule has 4 aromatic heterocycles. The van der Waals surface area contributed by atoms with Crippen molar-refractivity contribution >= 4 is 65.4 Å². The number of hydrogen-bond acceptors (Lipinski definition) is 3. The smallest absolute Gasteiger partial charge is 0.238 e. The lowest BCUT2D eigenvalue weighted by atomic mass is 9.98. The van der Waals surface area contributed by atoms with E-state index in [1.54, 1.807) is 0 Å². The first-order valence-corrected chi connectivity index (χ1v) is 23.4. The van der Waals surface area contributed by atoms with Gasteiger partial charge in [0.15, 0.2) is 11.6 Å². The molecule has 322 valence electrons. The third-order valence-corrected chi connectivity index (χ3v) is 13.7. The Balaban J connectivity index is 1.07.